The fourth-order valence-electron chi connectivity index (χ4n) is 3.81. The van der Waals surface area contributed by atoms with Crippen molar-refractivity contribution >= 4 is 17.2 Å². The minimum atomic E-state index is 0.131. The fourth-order valence-corrected chi connectivity index (χ4v) is 4.41. The molecule has 2 saturated heterocycles. The summed E-state index contributed by atoms with van der Waals surface area (Å²) in [6.07, 6.45) is 3.27. The highest BCUT2D eigenvalue weighted by atomic mass is 32.1. The van der Waals surface area contributed by atoms with Crippen molar-refractivity contribution in [2.45, 2.75) is 44.9 Å². The fraction of sp³-hybridized carbons (Fsp3) is 0.474. The second-order valence-electron chi connectivity index (χ2n) is 6.76. The van der Waals surface area contributed by atoms with Crippen LogP contribution in [0.3, 0.4) is 0 Å². The average Bonchev–Trinajstić information content (AvgIpc) is 3.14. The van der Waals surface area contributed by atoms with E-state index >= 15 is 0 Å². The number of fused-ring (bicyclic) bond motifs is 2. The third-order valence-electron chi connectivity index (χ3n) is 5.02. The van der Waals surface area contributed by atoms with Crippen LogP contribution in [0.15, 0.2) is 29.6 Å². The van der Waals surface area contributed by atoms with E-state index in [1.807, 2.05) is 36.6 Å². The third-order valence-corrected chi connectivity index (χ3v) is 5.85. The lowest BCUT2D eigenvalue weighted by Crippen LogP contribution is -2.42. The van der Waals surface area contributed by atoms with Gasteiger partial charge in [-0.1, -0.05) is 6.07 Å². The highest BCUT2D eigenvalue weighted by Gasteiger charge is 2.38. The molecule has 0 radical (unpaired) electrons. The molecule has 1 amide bonds. The molecule has 5 nitrogen and oxygen atoms in total. The van der Waals surface area contributed by atoms with Crippen LogP contribution in [0, 0.1) is 6.92 Å². The molecule has 3 heterocycles. The van der Waals surface area contributed by atoms with Crippen molar-refractivity contribution in [2.24, 2.45) is 0 Å². The maximum Gasteiger partial charge on any atom is 0.254 e. The number of nitrogens with zero attached hydrogens (tertiary/aromatic N) is 2. The Bertz CT molecular complexity index is 747. The smallest absolute Gasteiger partial charge is 0.254 e. The van der Waals surface area contributed by atoms with Gasteiger partial charge in [0, 0.05) is 29.6 Å². The molecule has 2 aliphatic heterocycles. The van der Waals surface area contributed by atoms with E-state index in [-0.39, 0.29) is 5.91 Å². The number of aryl methyl sites for hydroxylation is 1. The van der Waals surface area contributed by atoms with Crippen molar-refractivity contribution in [3.63, 3.8) is 0 Å². The van der Waals surface area contributed by atoms with E-state index in [9.17, 15) is 4.79 Å². The summed E-state index contributed by atoms with van der Waals surface area (Å²) < 4.78 is 5.84. The molecule has 25 heavy (non-hydrogen) atoms. The lowest BCUT2D eigenvalue weighted by atomic mass is 10.1. The molecule has 2 aromatic rings. The Labute approximate surface area is 152 Å². The largest absolute Gasteiger partial charge is 0.487 e. The Morgan fingerprint density at radius 2 is 2.24 bits per heavy atom. The zero-order valence-corrected chi connectivity index (χ0v) is 15.2. The Kier molecular flexibility index (Phi) is 4.72. The number of amides is 1. The van der Waals surface area contributed by atoms with Gasteiger partial charge in [-0.25, -0.2) is 4.98 Å². The first kappa shape index (κ1) is 16.5. The molecule has 2 fully saturated rings. The van der Waals surface area contributed by atoms with Crippen molar-refractivity contribution < 1.29 is 9.53 Å². The van der Waals surface area contributed by atoms with E-state index in [0.717, 1.165) is 48.8 Å². The van der Waals surface area contributed by atoms with Gasteiger partial charge in [0.25, 0.3) is 5.91 Å². The molecule has 2 bridgehead atoms. The Morgan fingerprint density at radius 3 is 3.08 bits per heavy atom. The summed E-state index contributed by atoms with van der Waals surface area (Å²) in [6.45, 7) is 4.32. The number of nitrogens with one attached hydrogen (secondary N) is 1. The molecule has 2 atom stereocenters. The summed E-state index contributed by atoms with van der Waals surface area (Å²) in [6, 6.07) is 8.23. The normalized spacial score (nSPS) is 22.7. The molecule has 0 aliphatic carbocycles. The first-order valence-corrected chi connectivity index (χ1v) is 9.76. The van der Waals surface area contributed by atoms with Crippen molar-refractivity contribution in [3.05, 3.63) is 45.9 Å². The maximum atomic E-state index is 13.1. The van der Waals surface area contributed by atoms with Gasteiger partial charge in [0.2, 0.25) is 0 Å². The predicted molar refractivity (Wildman–Crippen MR) is 98.1 cm³/mol. The summed E-state index contributed by atoms with van der Waals surface area (Å²) in [5.74, 6) is 0.850. The SMILES string of the molecule is Cc1nc(COc2cccc(C(=O)N3C4CCNCC3CC4)c2)cs1. The van der Waals surface area contributed by atoms with Gasteiger partial charge in [0.05, 0.1) is 10.7 Å². The molecule has 1 N–H and O–H groups in total. The molecule has 1 aromatic heterocycles. The van der Waals surface area contributed by atoms with E-state index in [1.54, 1.807) is 11.3 Å². The third kappa shape index (κ3) is 3.55. The minimum Gasteiger partial charge on any atom is -0.487 e. The van der Waals surface area contributed by atoms with Crippen LogP contribution < -0.4 is 10.1 Å². The molecule has 2 unspecified atom stereocenters. The van der Waals surface area contributed by atoms with Crippen LogP contribution in [-0.4, -0.2) is 41.0 Å². The van der Waals surface area contributed by atoms with Gasteiger partial charge in [-0.2, -0.15) is 0 Å². The van der Waals surface area contributed by atoms with Crippen LogP contribution in [0.25, 0.3) is 0 Å². The van der Waals surface area contributed by atoms with Gasteiger partial charge in [-0.05, 0) is 50.9 Å². The van der Waals surface area contributed by atoms with Gasteiger partial charge in [-0.3, -0.25) is 4.79 Å². The number of hydrogen-bond donors (Lipinski definition) is 1. The highest BCUT2D eigenvalue weighted by Crippen LogP contribution is 2.30. The predicted octanol–water partition coefficient (Wildman–Crippen LogP) is 3.00. The topological polar surface area (TPSA) is 54.5 Å². The Hall–Kier alpha value is -1.92. The molecule has 1 aromatic carbocycles. The second kappa shape index (κ2) is 7.14. The van der Waals surface area contributed by atoms with Gasteiger partial charge < -0.3 is 15.0 Å². The Morgan fingerprint density at radius 1 is 1.36 bits per heavy atom. The molecule has 2 aliphatic rings. The molecule has 0 spiro atoms. The highest BCUT2D eigenvalue weighted by molar-refractivity contribution is 7.09. The number of benzene rings is 1. The van der Waals surface area contributed by atoms with Crippen molar-refractivity contribution in [2.75, 3.05) is 13.1 Å². The molecular weight excluding hydrogens is 334 g/mol. The van der Waals surface area contributed by atoms with Crippen LogP contribution in [-0.2, 0) is 6.61 Å². The molecule has 4 rings (SSSR count). The van der Waals surface area contributed by atoms with Crippen LogP contribution in [0.4, 0.5) is 0 Å². The number of hydrogen-bond acceptors (Lipinski definition) is 5. The molecule has 6 heteroatoms. The van der Waals surface area contributed by atoms with Gasteiger partial charge in [0.1, 0.15) is 12.4 Å². The van der Waals surface area contributed by atoms with Crippen molar-refractivity contribution in [3.8, 4) is 5.75 Å². The average molecular weight is 357 g/mol. The van der Waals surface area contributed by atoms with E-state index in [4.69, 9.17) is 4.74 Å². The Balaban J connectivity index is 1.47. The molecule has 132 valence electrons. The van der Waals surface area contributed by atoms with E-state index in [2.05, 4.69) is 15.2 Å². The van der Waals surface area contributed by atoms with Gasteiger partial charge in [0.15, 0.2) is 0 Å². The lowest BCUT2D eigenvalue weighted by molar-refractivity contribution is 0.0680. The van der Waals surface area contributed by atoms with E-state index < -0.39 is 0 Å². The molecule has 0 saturated carbocycles. The summed E-state index contributed by atoms with van der Waals surface area (Å²) in [5.41, 5.74) is 1.64. The number of rotatable bonds is 4. The van der Waals surface area contributed by atoms with Gasteiger partial charge in [-0.15, -0.1) is 11.3 Å². The summed E-state index contributed by atoms with van der Waals surface area (Å²) in [7, 11) is 0. The number of carbonyl (C=O) groups excluding carboxylic acids is 1. The second-order valence-corrected chi connectivity index (χ2v) is 7.83. The number of ether oxygens (including phenoxy) is 1. The zero-order chi connectivity index (χ0) is 17.2. The summed E-state index contributed by atoms with van der Waals surface area (Å²) >= 11 is 1.62. The monoisotopic (exact) mass is 357 g/mol. The number of thiazole rings is 1. The van der Waals surface area contributed by atoms with Crippen LogP contribution >= 0.6 is 11.3 Å². The lowest BCUT2D eigenvalue weighted by Gasteiger charge is -2.28. The zero-order valence-electron chi connectivity index (χ0n) is 14.4. The van der Waals surface area contributed by atoms with Crippen LogP contribution in [0.1, 0.15) is 40.3 Å². The minimum absolute atomic E-state index is 0.131. The summed E-state index contributed by atoms with van der Waals surface area (Å²) in [5, 5.41) is 6.48. The van der Waals surface area contributed by atoms with Crippen molar-refractivity contribution in [1.29, 1.82) is 0 Å². The molecular formula is C19H23N3O2S. The number of carbonyl (C=O) groups is 1. The van der Waals surface area contributed by atoms with E-state index in [1.165, 1.54) is 0 Å². The van der Waals surface area contributed by atoms with E-state index in [0.29, 0.717) is 24.3 Å². The first-order chi connectivity index (χ1) is 12.2. The summed E-state index contributed by atoms with van der Waals surface area (Å²) in [4.78, 5) is 19.6. The van der Waals surface area contributed by atoms with Gasteiger partial charge >= 0.3 is 0 Å². The van der Waals surface area contributed by atoms with Crippen molar-refractivity contribution in [1.82, 2.24) is 15.2 Å². The van der Waals surface area contributed by atoms with Crippen LogP contribution in [0.5, 0.6) is 5.75 Å². The quantitative estimate of drug-likeness (QED) is 0.914. The first-order valence-electron chi connectivity index (χ1n) is 8.88. The standard InChI is InChI=1S/C19H23N3O2S/c1-13-21-15(12-25-13)11-24-18-4-2-3-14(9-18)19(23)22-16-5-6-17(22)10-20-8-7-16/h2-4,9,12,16-17,20H,5-8,10-11H2,1H3. The number of aromatic nitrogens is 1. The maximum absolute atomic E-state index is 13.1. The van der Waals surface area contributed by atoms with Crippen LogP contribution in [0.2, 0.25) is 0 Å².